The summed E-state index contributed by atoms with van der Waals surface area (Å²) in [5.41, 5.74) is 1.97. The van der Waals surface area contributed by atoms with Gasteiger partial charge in [0.05, 0.1) is 13.7 Å². The first-order valence-electron chi connectivity index (χ1n) is 6.85. The SMILES string of the molecule is COC(=O)CN(Cc1ccc(F)cc1)Cc1ccc(Cl)cc1. The number of hydrogen-bond donors (Lipinski definition) is 0. The average molecular weight is 322 g/mol. The molecule has 0 radical (unpaired) electrons. The van der Waals surface area contributed by atoms with Crippen molar-refractivity contribution < 1.29 is 13.9 Å². The van der Waals surface area contributed by atoms with E-state index in [2.05, 4.69) is 0 Å². The van der Waals surface area contributed by atoms with Crippen LogP contribution in [0.25, 0.3) is 0 Å². The first-order chi connectivity index (χ1) is 10.6. The Morgan fingerprint density at radius 2 is 1.55 bits per heavy atom. The van der Waals surface area contributed by atoms with Gasteiger partial charge >= 0.3 is 5.97 Å². The minimum atomic E-state index is -0.309. The van der Waals surface area contributed by atoms with Crippen LogP contribution in [-0.2, 0) is 22.6 Å². The number of methoxy groups -OCH3 is 1. The first kappa shape index (κ1) is 16.5. The lowest BCUT2D eigenvalue weighted by Crippen LogP contribution is -2.29. The van der Waals surface area contributed by atoms with Gasteiger partial charge in [0.1, 0.15) is 5.82 Å². The van der Waals surface area contributed by atoms with Gasteiger partial charge in [0, 0.05) is 18.1 Å². The van der Waals surface area contributed by atoms with E-state index in [0.717, 1.165) is 11.1 Å². The molecule has 0 aliphatic heterocycles. The molecule has 2 aromatic carbocycles. The summed E-state index contributed by atoms with van der Waals surface area (Å²) < 4.78 is 17.7. The summed E-state index contributed by atoms with van der Waals surface area (Å²) in [5, 5.41) is 0.668. The van der Waals surface area contributed by atoms with Crippen molar-refractivity contribution in [1.29, 1.82) is 0 Å². The molecule has 0 unspecified atom stereocenters. The minimum absolute atomic E-state index is 0.163. The normalized spacial score (nSPS) is 10.7. The molecule has 0 heterocycles. The highest BCUT2D eigenvalue weighted by atomic mass is 35.5. The summed E-state index contributed by atoms with van der Waals surface area (Å²) in [4.78, 5) is 13.5. The molecule has 0 aromatic heterocycles. The molecule has 0 saturated heterocycles. The second kappa shape index (κ2) is 7.92. The molecule has 0 fully saturated rings. The van der Waals surface area contributed by atoms with Crippen molar-refractivity contribution in [3.63, 3.8) is 0 Å². The molecule has 0 aliphatic rings. The van der Waals surface area contributed by atoms with E-state index in [4.69, 9.17) is 16.3 Å². The quantitative estimate of drug-likeness (QED) is 0.761. The number of carbonyl (C=O) groups is 1. The molecule has 0 spiro atoms. The Kier molecular flexibility index (Phi) is 5.92. The lowest BCUT2D eigenvalue weighted by Gasteiger charge is -2.21. The fourth-order valence-corrected chi connectivity index (χ4v) is 2.24. The number of nitrogens with zero attached hydrogens (tertiary/aromatic N) is 1. The van der Waals surface area contributed by atoms with Crippen LogP contribution >= 0.6 is 11.6 Å². The maximum absolute atomic E-state index is 13.0. The maximum atomic E-state index is 13.0. The van der Waals surface area contributed by atoms with Crippen LogP contribution < -0.4 is 0 Å². The fourth-order valence-electron chi connectivity index (χ4n) is 2.11. The van der Waals surface area contributed by atoms with E-state index in [1.165, 1.54) is 19.2 Å². The van der Waals surface area contributed by atoms with E-state index in [0.29, 0.717) is 18.1 Å². The third-order valence-corrected chi connectivity index (χ3v) is 3.47. The van der Waals surface area contributed by atoms with Gasteiger partial charge in [-0.3, -0.25) is 9.69 Å². The van der Waals surface area contributed by atoms with E-state index in [1.54, 1.807) is 12.1 Å². The molecule has 3 nitrogen and oxygen atoms in total. The predicted molar refractivity (Wildman–Crippen MR) is 84.0 cm³/mol. The molecule has 2 aromatic rings. The molecule has 0 bridgehead atoms. The molecule has 0 atom stereocenters. The van der Waals surface area contributed by atoms with Crippen molar-refractivity contribution in [2.75, 3.05) is 13.7 Å². The van der Waals surface area contributed by atoms with Crippen molar-refractivity contribution in [3.8, 4) is 0 Å². The predicted octanol–water partition coefficient (Wildman–Crippen LogP) is 3.65. The van der Waals surface area contributed by atoms with E-state index < -0.39 is 0 Å². The van der Waals surface area contributed by atoms with Gasteiger partial charge < -0.3 is 4.74 Å². The van der Waals surface area contributed by atoms with Crippen LogP contribution in [0.15, 0.2) is 48.5 Å². The number of benzene rings is 2. The highest BCUT2D eigenvalue weighted by Gasteiger charge is 2.12. The largest absolute Gasteiger partial charge is 0.468 e. The van der Waals surface area contributed by atoms with Gasteiger partial charge in [0.25, 0.3) is 0 Å². The number of halogens is 2. The van der Waals surface area contributed by atoms with Crippen LogP contribution in [0.4, 0.5) is 4.39 Å². The van der Waals surface area contributed by atoms with Crippen molar-refractivity contribution >= 4 is 17.6 Å². The van der Waals surface area contributed by atoms with Gasteiger partial charge in [-0.2, -0.15) is 0 Å². The summed E-state index contributed by atoms with van der Waals surface area (Å²) in [6, 6.07) is 13.7. The molecule has 0 N–H and O–H groups in total. The lowest BCUT2D eigenvalue weighted by molar-refractivity contribution is -0.142. The standard InChI is InChI=1S/C17H17ClFNO2/c1-22-17(21)12-20(10-13-2-6-15(18)7-3-13)11-14-4-8-16(19)9-5-14/h2-9H,10-12H2,1H3. The Balaban J connectivity index is 2.09. The number of ether oxygens (including phenoxy) is 1. The van der Waals surface area contributed by atoms with E-state index in [1.807, 2.05) is 29.2 Å². The lowest BCUT2D eigenvalue weighted by atomic mass is 10.1. The third-order valence-electron chi connectivity index (χ3n) is 3.22. The zero-order chi connectivity index (χ0) is 15.9. The van der Waals surface area contributed by atoms with E-state index in [-0.39, 0.29) is 18.3 Å². The summed E-state index contributed by atoms with van der Waals surface area (Å²) in [7, 11) is 1.36. The smallest absolute Gasteiger partial charge is 0.319 e. The first-order valence-corrected chi connectivity index (χ1v) is 7.22. The Labute approximate surface area is 134 Å². The molecule has 116 valence electrons. The third kappa shape index (κ3) is 5.13. The number of carbonyl (C=O) groups excluding carboxylic acids is 1. The summed E-state index contributed by atoms with van der Waals surface area (Å²) in [6.45, 7) is 1.26. The average Bonchev–Trinajstić information content (AvgIpc) is 2.51. The number of rotatable bonds is 6. The molecular weight excluding hydrogens is 305 g/mol. The van der Waals surface area contributed by atoms with Gasteiger partial charge in [-0.25, -0.2) is 4.39 Å². The van der Waals surface area contributed by atoms with Gasteiger partial charge in [0.15, 0.2) is 0 Å². The Morgan fingerprint density at radius 1 is 1.05 bits per heavy atom. The molecule has 22 heavy (non-hydrogen) atoms. The van der Waals surface area contributed by atoms with Gasteiger partial charge in [-0.15, -0.1) is 0 Å². The number of esters is 1. The Hall–Kier alpha value is -1.91. The molecular formula is C17H17ClFNO2. The molecule has 0 amide bonds. The van der Waals surface area contributed by atoms with Crippen LogP contribution in [0.1, 0.15) is 11.1 Å². The number of hydrogen-bond acceptors (Lipinski definition) is 3. The Morgan fingerprint density at radius 3 is 2.05 bits per heavy atom. The van der Waals surface area contributed by atoms with E-state index in [9.17, 15) is 9.18 Å². The second-order valence-corrected chi connectivity index (χ2v) is 5.41. The van der Waals surface area contributed by atoms with Crippen molar-refractivity contribution in [2.45, 2.75) is 13.1 Å². The van der Waals surface area contributed by atoms with Gasteiger partial charge in [-0.1, -0.05) is 35.9 Å². The van der Waals surface area contributed by atoms with Crippen molar-refractivity contribution in [3.05, 3.63) is 70.5 Å². The summed E-state index contributed by atoms with van der Waals surface area (Å²) >= 11 is 5.88. The topological polar surface area (TPSA) is 29.5 Å². The van der Waals surface area contributed by atoms with Crippen LogP contribution in [0.5, 0.6) is 0 Å². The fraction of sp³-hybridized carbons (Fsp3) is 0.235. The highest BCUT2D eigenvalue weighted by Crippen LogP contribution is 2.14. The zero-order valence-corrected chi connectivity index (χ0v) is 13.0. The van der Waals surface area contributed by atoms with Crippen molar-refractivity contribution in [2.24, 2.45) is 0 Å². The maximum Gasteiger partial charge on any atom is 0.319 e. The zero-order valence-electron chi connectivity index (χ0n) is 12.3. The minimum Gasteiger partial charge on any atom is -0.468 e. The molecule has 5 heteroatoms. The monoisotopic (exact) mass is 321 g/mol. The van der Waals surface area contributed by atoms with Gasteiger partial charge in [-0.05, 0) is 35.4 Å². The van der Waals surface area contributed by atoms with Crippen molar-refractivity contribution in [1.82, 2.24) is 4.90 Å². The highest BCUT2D eigenvalue weighted by molar-refractivity contribution is 6.30. The second-order valence-electron chi connectivity index (χ2n) is 4.97. The summed E-state index contributed by atoms with van der Waals surface area (Å²) in [5.74, 6) is -0.586. The van der Waals surface area contributed by atoms with Crippen LogP contribution in [-0.4, -0.2) is 24.5 Å². The molecule has 0 aliphatic carbocycles. The van der Waals surface area contributed by atoms with Gasteiger partial charge in [0.2, 0.25) is 0 Å². The summed E-state index contributed by atoms with van der Waals surface area (Å²) in [6.07, 6.45) is 0. The van der Waals surface area contributed by atoms with Crippen LogP contribution in [0.2, 0.25) is 5.02 Å². The van der Waals surface area contributed by atoms with Crippen LogP contribution in [0, 0.1) is 5.82 Å². The molecule has 0 saturated carbocycles. The molecule has 2 rings (SSSR count). The van der Waals surface area contributed by atoms with E-state index >= 15 is 0 Å². The van der Waals surface area contributed by atoms with Crippen LogP contribution in [0.3, 0.4) is 0 Å². The Bertz CT molecular complexity index is 566.